The summed E-state index contributed by atoms with van der Waals surface area (Å²) in [7, 11) is 0. The summed E-state index contributed by atoms with van der Waals surface area (Å²) in [5, 5.41) is 0. The zero-order chi connectivity index (χ0) is 12.3. The van der Waals surface area contributed by atoms with E-state index in [2.05, 4.69) is 23.4 Å². The second-order valence-corrected chi connectivity index (χ2v) is 5.18. The summed E-state index contributed by atoms with van der Waals surface area (Å²) in [6.07, 6.45) is 8.63. The molecule has 96 valence electrons. The topological polar surface area (TPSA) is 53.1 Å². The van der Waals surface area contributed by atoms with Crippen molar-refractivity contribution in [1.29, 1.82) is 0 Å². The first kappa shape index (κ1) is 12.6. The average Bonchev–Trinajstić information content (AvgIpc) is 2.76. The van der Waals surface area contributed by atoms with Gasteiger partial charge in [0.2, 0.25) is 0 Å². The van der Waals surface area contributed by atoms with Crippen LogP contribution in [0.4, 0.5) is 0 Å². The maximum atomic E-state index is 6.07. The molecule has 1 aliphatic carbocycles. The lowest BCUT2D eigenvalue weighted by molar-refractivity contribution is 0.00108. The van der Waals surface area contributed by atoms with Gasteiger partial charge in [-0.2, -0.15) is 0 Å². The fraction of sp³-hybridized carbons (Fsp3) is 0.769. The van der Waals surface area contributed by atoms with E-state index in [1.54, 1.807) is 0 Å². The van der Waals surface area contributed by atoms with Crippen molar-refractivity contribution in [3.05, 3.63) is 18.2 Å². The first-order valence-corrected chi connectivity index (χ1v) is 6.56. The highest BCUT2D eigenvalue weighted by Crippen LogP contribution is 2.21. The smallest absolute Gasteiger partial charge is 0.0951 e. The van der Waals surface area contributed by atoms with E-state index in [0.717, 1.165) is 18.5 Å². The average molecular weight is 237 g/mol. The van der Waals surface area contributed by atoms with Crippen molar-refractivity contribution in [2.75, 3.05) is 0 Å². The fourth-order valence-corrected chi connectivity index (χ4v) is 2.43. The molecule has 0 radical (unpaired) electrons. The van der Waals surface area contributed by atoms with Crippen LogP contribution in [0.25, 0.3) is 0 Å². The van der Waals surface area contributed by atoms with E-state index in [-0.39, 0.29) is 12.1 Å². The van der Waals surface area contributed by atoms with E-state index < -0.39 is 0 Å². The van der Waals surface area contributed by atoms with Gasteiger partial charge in [0.25, 0.3) is 0 Å². The molecule has 0 saturated heterocycles. The molecule has 1 saturated carbocycles. The van der Waals surface area contributed by atoms with Crippen molar-refractivity contribution in [2.24, 2.45) is 5.73 Å². The number of aromatic nitrogens is 2. The van der Waals surface area contributed by atoms with E-state index >= 15 is 0 Å². The number of nitrogens with two attached hydrogens (primary N) is 1. The second kappa shape index (κ2) is 5.65. The van der Waals surface area contributed by atoms with Crippen LogP contribution < -0.4 is 5.73 Å². The van der Waals surface area contributed by atoms with Gasteiger partial charge in [-0.05, 0) is 26.7 Å². The van der Waals surface area contributed by atoms with Crippen molar-refractivity contribution in [2.45, 2.75) is 64.3 Å². The molecule has 1 fully saturated rings. The maximum absolute atomic E-state index is 6.07. The molecule has 2 rings (SSSR count). The van der Waals surface area contributed by atoms with Crippen LogP contribution in [0.3, 0.4) is 0 Å². The summed E-state index contributed by atoms with van der Waals surface area (Å²) in [5.41, 5.74) is 7.21. The Bertz CT molecular complexity index is 348. The Kier molecular flexibility index (Phi) is 4.18. The Morgan fingerprint density at radius 2 is 2.24 bits per heavy atom. The van der Waals surface area contributed by atoms with E-state index in [9.17, 15) is 0 Å². The molecule has 2 unspecified atom stereocenters. The van der Waals surface area contributed by atoms with Crippen LogP contribution in [0.2, 0.25) is 0 Å². The summed E-state index contributed by atoms with van der Waals surface area (Å²) < 4.78 is 8.09. The van der Waals surface area contributed by atoms with Gasteiger partial charge in [-0.3, -0.25) is 0 Å². The van der Waals surface area contributed by atoms with Gasteiger partial charge in [0.1, 0.15) is 0 Å². The lowest BCUT2D eigenvalue weighted by atomic mass is 9.93. The number of hydrogen-bond acceptors (Lipinski definition) is 3. The highest BCUT2D eigenvalue weighted by molar-refractivity contribution is 4.98. The van der Waals surface area contributed by atoms with Crippen LogP contribution in [0.15, 0.2) is 12.5 Å². The zero-order valence-corrected chi connectivity index (χ0v) is 10.8. The third-order valence-corrected chi connectivity index (χ3v) is 3.50. The molecular formula is C13H23N3O. The van der Waals surface area contributed by atoms with Gasteiger partial charge >= 0.3 is 0 Å². The number of hydrogen-bond donors (Lipinski definition) is 1. The van der Waals surface area contributed by atoms with Crippen molar-refractivity contribution >= 4 is 0 Å². The van der Waals surface area contributed by atoms with Gasteiger partial charge in [-0.25, -0.2) is 4.98 Å². The van der Waals surface area contributed by atoms with Crippen LogP contribution in [-0.4, -0.2) is 21.7 Å². The molecule has 0 amide bonds. The predicted molar refractivity (Wildman–Crippen MR) is 67.6 cm³/mol. The van der Waals surface area contributed by atoms with Crippen molar-refractivity contribution in [1.82, 2.24) is 9.55 Å². The standard InChI is InChI=1S/C13H23N3O/c1-10(2)16-9-15-7-11(16)8-17-13-6-4-3-5-12(13)14/h7,9-10,12-13H,3-6,8,14H2,1-2H3. The van der Waals surface area contributed by atoms with Gasteiger partial charge in [0.15, 0.2) is 0 Å². The van der Waals surface area contributed by atoms with Crippen LogP contribution >= 0.6 is 0 Å². The number of rotatable bonds is 4. The highest BCUT2D eigenvalue weighted by atomic mass is 16.5. The SMILES string of the molecule is CC(C)n1cncc1COC1CCCCC1N. The highest BCUT2D eigenvalue weighted by Gasteiger charge is 2.22. The van der Waals surface area contributed by atoms with E-state index in [4.69, 9.17) is 10.5 Å². The molecule has 2 N–H and O–H groups in total. The lowest BCUT2D eigenvalue weighted by Gasteiger charge is -2.28. The fourth-order valence-electron chi connectivity index (χ4n) is 2.43. The molecule has 1 aliphatic rings. The van der Waals surface area contributed by atoms with Gasteiger partial charge < -0.3 is 15.0 Å². The predicted octanol–water partition coefficient (Wildman–Crippen LogP) is 2.25. The molecule has 17 heavy (non-hydrogen) atoms. The van der Waals surface area contributed by atoms with Gasteiger partial charge in [-0.1, -0.05) is 12.8 Å². The van der Waals surface area contributed by atoms with Crippen molar-refractivity contribution < 1.29 is 4.74 Å². The summed E-state index contributed by atoms with van der Waals surface area (Å²) in [4.78, 5) is 4.18. The molecular weight excluding hydrogens is 214 g/mol. The summed E-state index contributed by atoms with van der Waals surface area (Å²) >= 11 is 0. The normalized spacial score (nSPS) is 25.4. The van der Waals surface area contributed by atoms with Gasteiger partial charge in [0.05, 0.1) is 30.9 Å². The second-order valence-electron chi connectivity index (χ2n) is 5.18. The molecule has 2 atom stereocenters. The summed E-state index contributed by atoms with van der Waals surface area (Å²) in [6.45, 7) is 4.92. The van der Waals surface area contributed by atoms with Crippen LogP contribution in [-0.2, 0) is 11.3 Å². The third kappa shape index (κ3) is 3.07. The van der Waals surface area contributed by atoms with Gasteiger partial charge in [-0.15, -0.1) is 0 Å². The number of ether oxygens (including phenoxy) is 1. The Labute approximate surface area is 103 Å². The largest absolute Gasteiger partial charge is 0.370 e. The Morgan fingerprint density at radius 1 is 1.47 bits per heavy atom. The van der Waals surface area contributed by atoms with E-state index in [1.807, 2.05) is 12.5 Å². The molecule has 0 bridgehead atoms. The number of imidazole rings is 1. The first-order valence-electron chi connectivity index (χ1n) is 6.56. The molecule has 1 heterocycles. The lowest BCUT2D eigenvalue weighted by Crippen LogP contribution is -2.39. The minimum atomic E-state index is 0.208. The van der Waals surface area contributed by atoms with Crippen LogP contribution in [0.1, 0.15) is 51.3 Å². The summed E-state index contributed by atoms with van der Waals surface area (Å²) in [6, 6.07) is 0.635. The molecule has 0 aliphatic heterocycles. The number of nitrogens with zero attached hydrogens (tertiary/aromatic N) is 2. The van der Waals surface area contributed by atoms with Crippen LogP contribution in [0.5, 0.6) is 0 Å². The minimum absolute atomic E-state index is 0.208. The zero-order valence-electron chi connectivity index (χ0n) is 10.8. The van der Waals surface area contributed by atoms with Crippen molar-refractivity contribution in [3.8, 4) is 0 Å². The molecule has 4 heteroatoms. The van der Waals surface area contributed by atoms with E-state index in [0.29, 0.717) is 12.6 Å². The van der Waals surface area contributed by atoms with Crippen LogP contribution in [0, 0.1) is 0 Å². The quantitative estimate of drug-likeness (QED) is 0.874. The third-order valence-electron chi connectivity index (χ3n) is 3.50. The van der Waals surface area contributed by atoms with Gasteiger partial charge in [0, 0.05) is 12.1 Å². The molecule has 1 aromatic rings. The van der Waals surface area contributed by atoms with E-state index in [1.165, 1.54) is 12.8 Å². The monoisotopic (exact) mass is 237 g/mol. The Morgan fingerprint density at radius 3 is 2.94 bits per heavy atom. The molecule has 0 spiro atoms. The molecule has 0 aromatic carbocycles. The minimum Gasteiger partial charge on any atom is -0.370 e. The Balaban J connectivity index is 1.90. The molecule has 4 nitrogen and oxygen atoms in total. The summed E-state index contributed by atoms with van der Waals surface area (Å²) in [5.74, 6) is 0. The van der Waals surface area contributed by atoms with Crippen molar-refractivity contribution in [3.63, 3.8) is 0 Å². The first-order chi connectivity index (χ1) is 8.18. The molecule has 1 aromatic heterocycles. The maximum Gasteiger partial charge on any atom is 0.0951 e. The Hall–Kier alpha value is -0.870.